The zero-order valence-electron chi connectivity index (χ0n) is 9.47. The SMILES string of the molecule is CCOC(=O)C(O)c1ccccc1OCC. The minimum atomic E-state index is -1.29. The van der Waals surface area contributed by atoms with E-state index < -0.39 is 12.1 Å². The minimum absolute atomic E-state index is 0.243. The Labute approximate surface area is 94.8 Å². The number of esters is 1. The predicted molar refractivity (Wildman–Crippen MR) is 59.2 cm³/mol. The summed E-state index contributed by atoms with van der Waals surface area (Å²) in [6.45, 7) is 4.26. The zero-order chi connectivity index (χ0) is 12.0. The van der Waals surface area contributed by atoms with Crippen LogP contribution in [0, 0.1) is 0 Å². The molecule has 1 unspecified atom stereocenters. The number of benzene rings is 1. The Kier molecular flexibility index (Phi) is 4.79. The summed E-state index contributed by atoms with van der Waals surface area (Å²) in [7, 11) is 0. The molecule has 4 nitrogen and oxygen atoms in total. The van der Waals surface area contributed by atoms with Gasteiger partial charge in [-0.1, -0.05) is 18.2 Å². The summed E-state index contributed by atoms with van der Waals surface area (Å²) in [6.07, 6.45) is -1.29. The largest absolute Gasteiger partial charge is 0.493 e. The highest BCUT2D eigenvalue weighted by molar-refractivity contribution is 5.77. The number of hydrogen-bond acceptors (Lipinski definition) is 4. The molecule has 0 aromatic heterocycles. The van der Waals surface area contributed by atoms with E-state index in [1.54, 1.807) is 31.2 Å². The van der Waals surface area contributed by atoms with Gasteiger partial charge in [-0.25, -0.2) is 4.79 Å². The molecule has 0 spiro atoms. The number of ether oxygens (including phenoxy) is 2. The highest BCUT2D eigenvalue weighted by atomic mass is 16.5. The van der Waals surface area contributed by atoms with E-state index in [1.165, 1.54) is 0 Å². The van der Waals surface area contributed by atoms with E-state index in [-0.39, 0.29) is 6.61 Å². The highest BCUT2D eigenvalue weighted by Gasteiger charge is 2.21. The van der Waals surface area contributed by atoms with Crippen LogP contribution in [-0.2, 0) is 9.53 Å². The average Bonchev–Trinajstić information content (AvgIpc) is 2.29. The Morgan fingerprint density at radius 3 is 2.62 bits per heavy atom. The van der Waals surface area contributed by atoms with Crippen molar-refractivity contribution < 1.29 is 19.4 Å². The van der Waals surface area contributed by atoms with Crippen molar-refractivity contribution in [2.45, 2.75) is 20.0 Å². The van der Waals surface area contributed by atoms with Gasteiger partial charge in [0.2, 0.25) is 0 Å². The van der Waals surface area contributed by atoms with E-state index in [9.17, 15) is 9.90 Å². The van der Waals surface area contributed by atoms with Crippen molar-refractivity contribution in [2.24, 2.45) is 0 Å². The summed E-state index contributed by atoms with van der Waals surface area (Å²) in [4.78, 5) is 11.4. The predicted octanol–water partition coefficient (Wildman–Crippen LogP) is 1.68. The molecule has 1 rings (SSSR count). The third kappa shape index (κ3) is 2.97. The molecule has 88 valence electrons. The summed E-state index contributed by atoms with van der Waals surface area (Å²) in [6, 6.07) is 6.88. The third-order valence-electron chi connectivity index (χ3n) is 2.02. The molecular weight excluding hydrogens is 208 g/mol. The Morgan fingerprint density at radius 2 is 2.00 bits per heavy atom. The smallest absolute Gasteiger partial charge is 0.339 e. The van der Waals surface area contributed by atoms with E-state index >= 15 is 0 Å². The van der Waals surface area contributed by atoms with E-state index in [0.29, 0.717) is 17.9 Å². The summed E-state index contributed by atoms with van der Waals surface area (Å²) in [5.74, 6) is -0.153. The second kappa shape index (κ2) is 6.12. The van der Waals surface area contributed by atoms with Gasteiger partial charge in [0.15, 0.2) is 6.10 Å². The fourth-order valence-electron chi connectivity index (χ4n) is 1.34. The maximum atomic E-state index is 11.4. The first kappa shape index (κ1) is 12.5. The lowest BCUT2D eigenvalue weighted by molar-refractivity contribution is -0.153. The molecule has 0 bridgehead atoms. The molecule has 0 aliphatic carbocycles. The van der Waals surface area contributed by atoms with Crippen LogP contribution in [0.1, 0.15) is 25.5 Å². The second-order valence-electron chi connectivity index (χ2n) is 3.13. The van der Waals surface area contributed by atoms with Gasteiger partial charge < -0.3 is 14.6 Å². The molecular formula is C12H16O4. The summed E-state index contributed by atoms with van der Waals surface area (Å²) < 4.78 is 10.1. The van der Waals surface area contributed by atoms with Crippen LogP contribution in [0.3, 0.4) is 0 Å². The molecule has 0 fully saturated rings. The van der Waals surface area contributed by atoms with Crippen LogP contribution in [-0.4, -0.2) is 24.3 Å². The third-order valence-corrected chi connectivity index (χ3v) is 2.02. The first-order valence-electron chi connectivity index (χ1n) is 5.27. The molecule has 0 aliphatic heterocycles. The van der Waals surface area contributed by atoms with Crippen LogP contribution < -0.4 is 4.74 Å². The minimum Gasteiger partial charge on any atom is -0.493 e. The Balaban J connectivity index is 2.89. The molecule has 0 aliphatic rings. The van der Waals surface area contributed by atoms with Crippen molar-refractivity contribution in [3.63, 3.8) is 0 Å². The maximum Gasteiger partial charge on any atom is 0.339 e. The number of carbonyl (C=O) groups excluding carboxylic acids is 1. The van der Waals surface area contributed by atoms with Crippen LogP contribution in [0.5, 0.6) is 5.75 Å². The van der Waals surface area contributed by atoms with Crippen molar-refractivity contribution in [1.82, 2.24) is 0 Å². The number of aliphatic hydroxyl groups is 1. The quantitative estimate of drug-likeness (QED) is 0.773. The van der Waals surface area contributed by atoms with Crippen LogP contribution in [0.4, 0.5) is 0 Å². The number of aliphatic hydroxyl groups excluding tert-OH is 1. The van der Waals surface area contributed by atoms with Crippen LogP contribution in [0.25, 0.3) is 0 Å². The fraction of sp³-hybridized carbons (Fsp3) is 0.417. The standard InChI is InChI=1S/C12H16O4/c1-3-15-10-8-6-5-7-9(10)11(13)12(14)16-4-2/h5-8,11,13H,3-4H2,1-2H3. The van der Waals surface area contributed by atoms with Gasteiger partial charge in [0.25, 0.3) is 0 Å². The van der Waals surface area contributed by atoms with Crippen molar-refractivity contribution in [1.29, 1.82) is 0 Å². The lowest BCUT2D eigenvalue weighted by Gasteiger charge is -2.14. The van der Waals surface area contributed by atoms with Gasteiger partial charge in [0.1, 0.15) is 5.75 Å². The van der Waals surface area contributed by atoms with E-state index in [1.807, 2.05) is 6.92 Å². The summed E-state index contributed by atoms with van der Waals surface area (Å²) in [5, 5.41) is 9.77. The molecule has 1 aromatic carbocycles. The zero-order valence-corrected chi connectivity index (χ0v) is 9.47. The average molecular weight is 224 g/mol. The number of hydrogen-bond donors (Lipinski definition) is 1. The molecule has 1 N–H and O–H groups in total. The van der Waals surface area contributed by atoms with Crippen LogP contribution in [0.2, 0.25) is 0 Å². The lowest BCUT2D eigenvalue weighted by atomic mass is 10.1. The summed E-state index contributed by atoms with van der Waals surface area (Å²) >= 11 is 0. The van der Waals surface area contributed by atoms with Gasteiger partial charge in [0.05, 0.1) is 13.2 Å². The molecule has 16 heavy (non-hydrogen) atoms. The lowest BCUT2D eigenvalue weighted by Crippen LogP contribution is -2.16. The highest BCUT2D eigenvalue weighted by Crippen LogP contribution is 2.25. The monoisotopic (exact) mass is 224 g/mol. The van der Waals surface area contributed by atoms with Crippen molar-refractivity contribution in [3.05, 3.63) is 29.8 Å². The fourth-order valence-corrected chi connectivity index (χ4v) is 1.34. The van der Waals surface area contributed by atoms with E-state index in [4.69, 9.17) is 9.47 Å². The molecule has 1 aromatic rings. The normalized spacial score (nSPS) is 11.9. The Morgan fingerprint density at radius 1 is 1.31 bits per heavy atom. The number of rotatable bonds is 5. The van der Waals surface area contributed by atoms with Gasteiger partial charge >= 0.3 is 5.97 Å². The van der Waals surface area contributed by atoms with Gasteiger partial charge in [-0.15, -0.1) is 0 Å². The van der Waals surface area contributed by atoms with E-state index in [0.717, 1.165) is 0 Å². The van der Waals surface area contributed by atoms with Crippen LogP contribution >= 0.6 is 0 Å². The first-order valence-corrected chi connectivity index (χ1v) is 5.27. The van der Waals surface area contributed by atoms with Crippen molar-refractivity contribution in [3.8, 4) is 5.75 Å². The van der Waals surface area contributed by atoms with Crippen LogP contribution in [0.15, 0.2) is 24.3 Å². The molecule has 4 heteroatoms. The second-order valence-corrected chi connectivity index (χ2v) is 3.13. The number of carbonyl (C=O) groups is 1. The molecule has 0 saturated carbocycles. The molecule has 0 amide bonds. The Hall–Kier alpha value is -1.55. The first-order chi connectivity index (χ1) is 7.70. The van der Waals surface area contributed by atoms with E-state index in [2.05, 4.69) is 0 Å². The Bertz CT molecular complexity index is 349. The van der Waals surface area contributed by atoms with Crippen molar-refractivity contribution in [2.75, 3.05) is 13.2 Å². The molecule has 1 atom stereocenters. The molecule has 0 saturated heterocycles. The summed E-state index contributed by atoms with van der Waals surface area (Å²) in [5.41, 5.74) is 0.433. The van der Waals surface area contributed by atoms with Gasteiger partial charge in [0, 0.05) is 5.56 Å². The molecule has 0 radical (unpaired) electrons. The maximum absolute atomic E-state index is 11.4. The van der Waals surface area contributed by atoms with Gasteiger partial charge in [-0.3, -0.25) is 0 Å². The number of para-hydroxylation sites is 1. The van der Waals surface area contributed by atoms with Gasteiger partial charge in [-0.05, 0) is 19.9 Å². The van der Waals surface area contributed by atoms with Crippen molar-refractivity contribution >= 4 is 5.97 Å². The van der Waals surface area contributed by atoms with Gasteiger partial charge in [-0.2, -0.15) is 0 Å². The molecule has 0 heterocycles. The topological polar surface area (TPSA) is 55.8 Å².